The van der Waals surface area contributed by atoms with Crippen molar-refractivity contribution in [1.82, 2.24) is 24.6 Å². The fourth-order valence-corrected chi connectivity index (χ4v) is 4.98. The van der Waals surface area contributed by atoms with Gasteiger partial charge in [-0.15, -0.1) is 0 Å². The summed E-state index contributed by atoms with van der Waals surface area (Å²) in [6, 6.07) is 7.40. The standard InChI is InChI=1S/C21H24FN6O6P/c1-3-31-21(29)13(2)27-35(30,34-14-7-5-4-6-8-14)12-32-16-9-15(22)20(33-16)28-11-26-17-18(23)24-10-25-19(17)28/h4-11,13,16,20H,3,12H2,1-2H3,(H,27,30)(H2,23,24,25)/t13-,16-,20?,35?/m0/s1. The zero-order valence-corrected chi connectivity index (χ0v) is 19.8. The Hall–Kier alpha value is -3.38. The van der Waals surface area contributed by atoms with Gasteiger partial charge in [0.2, 0.25) is 0 Å². The lowest BCUT2D eigenvalue weighted by molar-refractivity contribution is -0.144. The Bertz CT molecular complexity index is 1270. The van der Waals surface area contributed by atoms with Crippen molar-refractivity contribution >= 4 is 30.5 Å². The average Bonchev–Trinajstić information content (AvgIpc) is 3.42. The van der Waals surface area contributed by atoms with Crippen molar-refractivity contribution in [3.05, 3.63) is 54.9 Å². The first kappa shape index (κ1) is 24.7. The van der Waals surface area contributed by atoms with Gasteiger partial charge in [-0.2, -0.15) is 0 Å². The number of carbonyl (C=O) groups excluding carboxylic acids is 1. The number of hydrogen-bond acceptors (Lipinski definition) is 10. The van der Waals surface area contributed by atoms with Crippen LogP contribution in [-0.4, -0.2) is 50.8 Å². The fraction of sp³-hybridized carbons (Fsp3) is 0.333. The van der Waals surface area contributed by atoms with Crippen molar-refractivity contribution in [3.63, 3.8) is 0 Å². The van der Waals surface area contributed by atoms with Gasteiger partial charge < -0.3 is 24.5 Å². The molecule has 2 aromatic heterocycles. The van der Waals surface area contributed by atoms with Crippen LogP contribution < -0.4 is 15.3 Å². The second-order valence-electron chi connectivity index (χ2n) is 7.47. The molecule has 0 saturated carbocycles. The molecule has 12 nitrogen and oxygen atoms in total. The summed E-state index contributed by atoms with van der Waals surface area (Å²) in [5, 5.41) is 2.65. The highest BCUT2D eigenvalue weighted by Crippen LogP contribution is 2.45. The number of nitrogens with one attached hydrogen (secondary N) is 1. The van der Waals surface area contributed by atoms with Crippen molar-refractivity contribution in [2.75, 3.05) is 18.7 Å². The topological polar surface area (TPSA) is 153 Å². The molecule has 0 aliphatic carbocycles. The third-order valence-corrected chi connectivity index (χ3v) is 6.64. The number of rotatable bonds is 10. The van der Waals surface area contributed by atoms with Crippen molar-refractivity contribution in [2.45, 2.75) is 32.4 Å². The summed E-state index contributed by atoms with van der Waals surface area (Å²) < 4.78 is 51.5. The summed E-state index contributed by atoms with van der Waals surface area (Å²) in [5.41, 5.74) is 6.35. The molecule has 0 saturated heterocycles. The molecule has 2 unspecified atom stereocenters. The van der Waals surface area contributed by atoms with E-state index in [1.165, 1.54) is 24.1 Å². The van der Waals surface area contributed by atoms with Crippen LogP contribution in [0, 0.1) is 0 Å². The van der Waals surface area contributed by atoms with E-state index in [1.807, 2.05) is 0 Å². The van der Waals surface area contributed by atoms with Gasteiger partial charge in [-0.05, 0) is 26.0 Å². The van der Waals surface area contributed by atoms with E-state index in [-0.39, 0.29) is 23.8 Å². The normalized spacial score (nSPS) is 20.3. The number of imidazole rings is 1. The number of halogens is 1. The zero-order chi connectivity index (χ0) is 25.0. The van der Waals surface area contributed by atoms with Crippen LogP contribution in [0.3, 0.4) is 0 Å². The van der Waals surface area contributed by atoms with Crippen LogP contribution in [-0.2, 0) is 23.6 Å². The van der Waals surface area contributed by atoms with Crippen LogP contribution in [0.15, 0.2) is 54.9 Å². The number of carbonyl (C=O) groups is 1. The molecule has 0 amide bonds. The van der Waals surface area contributed by atoms with Gasteiger partial charge in [-0.3, -0.25) is 13.9 Å². The molecule has 4 atom stereocenters. The van der Waals surface area contributed by atoms with E-state index in [9.17, 15) is 13.8 Å². The maximum atomic E-state index is 14.8. The Labute approximate surface area is 199 Å². The maximum Gasteiger partial charge on any atom is 0.342 e. The second kappa shape index (κ2) is 10.5. The van der Waals surface area contributed by atoms with Crippen LogP contribution in [0.25, 0.3) is 11.2 Å². The number of nitrogens with zero attached hydrogens (tertiary/aromatic N) is 4. The molecule has 14 heteroatoms. The zero-order valence-electron chi connectivity index (χ0n) is 18.9. The SMILES string of the molecule is CCOC(=O)[C@H](C)NP(=O)(CO[C@@H]1C=C(F)C(n2cnc3c(N)ncnc32)O1)Oc1ccccc1. The van der Waals surface area contributed by atoms with Gasteiger partial charge in [0, 0.05) is 6.08 Å². The van der Waals surface area contributed by atoms with E-state index in [1.54, 1.807) is 37.3 Å². The number of benzene rings is 1. The predicted molar refractivity (Wildman–Crippen MR) is 123 cm³/mol. The molecule has 3 heterocycles. The van der Waals surface area contributed by atoms with Gasteiger partial charge >= 0.3 is 13.5 Å². The van der Waals surface area contributed by atoms with Crippen LogP contribution in [0.4, 0.5) is 10.2 Å². The summed E-state index contributed by atoms with van der Waals surface area (Å²) in [6.07, 6.45) is 0.676. The molecule has 0 bridgehead atoms. The van der Waals surface area contributed by atoms with E-state index < -0.39 is 44.2 Å². The highest BCUT2D eigenvalue weighted by Gasteiger charge is 2.36. The minimum atomic E-state index is -3.83. The Morgan fingerprint density at radius 3 is 2.83 bits per heavy atom. The largest absolute Gasteiger partial charge is 0.465 e. The number of aromatic nitrogens is 4. The van der Waals surface area contributed by atoms with E-state index >= 15 is 0 Å². The van der Waals surface area contributed by atoms with Crippen LogP contribution >= 0.6 is 7.52 Å². The number of para-hydroxylation sites is 1. The molecule has 3 aromatic rings. The summed E-state index contributed by atoms with van der Waals surface area (Å²) in [5.74, 6) is -0.847. The molecule has 186 valence electrons. The maximum absolute atomic E-state index is 14.8. The molecule has 1 aromatic carbocycles. The third-order valence-electron chi connectivity index (χ3n) is 4.87. The molecule has 3 N–H and O–H groups in total. The summed E-state index contributed by atoms with van der Waals surface area (Å²) in [4.78, 5) is 24.1. The van der Waals surface area contributed by atoms with Gasteiger partial charge in [-0.25, -0.2) is 24.4 Å². The van der Waals surface area contributed by atoms with E-state index in [2.05, 4.69) is 20.0 Å². The number of ether oxygens (including phenoxy) is 3. The highest BCUT2D eigenvalue weighted by molar-refractivity contribution is 7.57. The smallest absolute Gasteiger partial charge is 0.342 e. The lowest BCUT2D eigenvalue weighted by Crippen LogP contribution is -2.36. The van der Waals surface area contributed by atoms with E-state index in [4.69, 9.17) is 24.5 Å². The second-order valence-corrected chi connectivity index (χ2v) is 9.51. The first-order valence-corrected chi connectivity index (χ1v) is 12.5. The summed E-state index contributed by atoms with van der Waals surface area (Å²) in [7, 11) is -3.83. The first-order valence-electron chi connectivity index (χ1n) is 10.6. The van der Waals surface area contributed by atoms with Crippen molar-refractivity contribution in [1.29, 1.82) is 0 Å². The molecule has 1 aliphatic heterocycles. The van der Waals surface area contributed by atoms with Crippen molar-refractivity contribution in [3.8, 4) is 5.75 Å². The fourth-order valence-electron chi connectivity index (χ4n) is 3.30. The number of nitrogen functional groups attached to an aromatic ring is 1. The monoisotopic (exact) mass is 506 g/mol. The average molecular weight is 506 g/mol. The molecule has 4 rings (SSSR count). The minimum Gasteiger partial charge on any atom is -0.465 e. The number of fused-ring (bicyclic) bond motifs is 1. The van der Waals surface area contributed by atoms with Gasteiger partial charge in [0.05, 0.1) is 12.9 Å². The number of esters is 1. The molecule has 35 heavy (non-hydrogen) atoms. The molecule has 0 radical (unpaired) electrons. The van der Waals surface area contributed by atoms with Gasteiger partial charge in [0.1, 0.15) is 23.6 Å². The highest BCUT2D eigenvalue weighted by atomic mass is 31.2. The third kappa shape index (κ3) is 5.65. The molecule has 0 spiro atoms. The minimum absolute atomic E-state index is 0.143. The molecular weight excluding hydrogens is 482 g/mol. The molecule has 0 fully saturated rings. The lowest BCUT2D eigenvalue weighted by atomic mass is 10.3. The Morgan fingerprint density at radius 2 is 2.09 bits per heavy atom. The van der Waals surface area contributed by atoms with E-state index in [0.29, 0.717) is 5.52 Å². The quantitative estimate of drug-likeness (QED) is 0.308. The summed E-state index contributed by atoms with van der Waals surface area (Å²) >= 11 is 0. The number of nitrogens with two attached hydrogens (primary N) is 1. The predicted octanol–water partition coefficient (Wildman–Crippen LogP) is 2.90. The lowest BCUT2D eigenvalue weighted by Gasteiger charge is -2.24. The van der Waals surface area contributed by atoms with E-state index in [0.717, 1.165) is 6.08 Å². The number of anilines is 1. The van der Waals surface area contributed by atoms with Gasteiger partial charge in [0.25, 0.3) is 0 Å². The van der Waals surface area contributed by atoms with Gasteiger partial charge in [0.15, 0.2) is 36.2 Å². The first-order chi connectivity index (χ1) is 16.8. The van der Waals surface area contributed by atoms with Crippen LogP contribution in [0.5, 0.6) is 5.75 Å². The van der Waals surface area contributed by atoms with Crippen molar-refractivity contribution < 1.29 is 32.5 Å². The Kier molecular flexibility index (Phi) is 7.41. The van der Waals surface area contributed by atoms with Gasteiger partial charge in [-0.1, -0.05) is 18.2 Å². The Morgan fingerprint density at radius 1 is 1.31 bits per heavy atom. The van der Waals surface area contributed by atoms with Crippen LogP contribution in [0.2, 0.25) is 0 Å². The van der Waals surface area contributed by atoms with Crippen LogP contribution in [0.1, 0.15) is 20.1 Å². The molecular formula is C21H24FN6O6P. The summed E-state index contributed by atoms with van der Waals surface area (Å²) in [6.45, 7) is 3.30. The molecule has 1 aliphatic rings. The van der Waals surface area contributed by atoms with Crippen molar-refractivity contribution in [2.24, 2.45) is 0 Å². The Balaban J connectivity index is 1.47. The number of hydrogen-bond donors (Lipinski definition) is 2.